The Morgan fingerprint density at radius 3 is 2.88 bits per heavy atom. The number of anilines is 1. The summed E-state index contributed by atoms with van der Waals surface area (Å²) in [6.45, 7) is 8.82. The Kier molecular flexibility index (Phi) is 3.86. The molecule has 17 heavy (non-hydrogen) atoms. The second-order valence-electron chi connectivity index (χ2n) is 5.15. The number of aromatic amines is 1. The largest absolute Gasteiger partial charge is 0.338 e. The molecule has 1 aliphatic rings. The average Bonchev–Trinajstić information content (AvgIpc) is 2.62. The molecule has 0 spiro atoms. The highest BCUT2D eigenvalue weighted by Gasteiger charge is 2.26. The first-order chi connectivity index (χ1) is 8.13. The fraction of sp³-hybridized carbons (Fsp3) is 0.833. The summed E-state index contributed by atoms with van der Waals surface area (Å²) in [5.41, 5.74) is 0. The zero-order valence-electron chi connectivity index (χ0n) is 10.9. The summed E-state index contributed by atoms with van der Waals surface area (Å²) in [4.78, 5) is 2.39. The van der Waals surface area contributed by atoms with Crippen LogP contribution in [0.5, 0.6) is 0 Å². The molecule has 96 valence electrons. The third-order valence-corrected chi connectivity index (χ3v) is 3.89. The van der Waals surface area contributed by atoms with E-state index >= 15 is 0 Å². The van der Waals surface area contributed by atoms with Gasteiger partial charge >= 0.3 is 0 Å². The summed E-state index contributed by atoms with van der Waals surface area (Å²) in [5, 5.41) is 7.33. The van der Waals surface area contributed by atoms with E-state index in [-0.39, 0.29) is 0 Å². The quantitative estimate of drug-likeness (QED) is 0.843. The molecule has 2 atom stereocenters. The predicted molar refractivity (Wildman–Crippen MR) is 72.9 cm³/mol. The Morgan fingerprint density at radius 1 is 1.47 bits per heavy atom. The summed E-state index contributed by atoms with van der Waals surface area (Å²) in [5.74, 6) is 1.85. The molecule has 0 amide bonds. The van der Waals surface area contributed by atoms with Crippen LogP contribution in [0.1, 0.15) is 40.0 Å². The van der Waals surface area contributed by atoms with Gasteiger partial charge in [0.15, 0.2) is 4.77 Å². The molecular formula is C12H22N4S. The van der Waals surface area contributed by atoms with Gasteiger partial charge in [-0.2, -0.15) is 0 Å². The van der Waals surface area contributed by atoms with E-state index in [0.29, 0.717) is 6.04 Å². The van der Waals surface area contributed by atoms with Gasteiger partial charge in [-0.05, 0) is 44.3 Å². The van der Waals surface area contributed by atoms with Crippen molar-refractivity contribution < 1.29 is 0 Å². The molecule has 1 saturated heterocycles. The molecule has 0 saturated carbocycles. The first-order valence-electron chi connectivity index (χ1n) is 6.55. The standard InChI is InChI=1S/C12H22N4S/c1-4-6-16-11(13-14-12(16)17)15-7-5-9(2)8-10(15)3/h9-10H,4-8H2,1-3H3,(H,14,17). The van der Waals surface area contributed by atoms with Crippen molar-refractivity contribution in [3.8, 4) is 0 Å². The van der Waals surface area contributed by atoms with E-state index in [1.54, 1.807) is 0 Å². The zero-order valence-corrected chi connectivity index (χ0v) is 11.8. The van der Waals surface area contributed by atoms with Crippen molar-refractivity contribution in [3.05, 3.63) is 4.77 Å². The lowest BCUT2D eigenvalue weighted by atomic mass is 9.94. The van der Waals surface area contributed by atoms with E-state index in [4.69, 9.17) is 12.2 Å². The minimum absolute atomic E-state index is 0.555. The molecule has 4 nitrogen and oxygen atoms in total. The van der Waals surface area contributed by atoms with Crippen LogP contribution >= 0.6 is 12.2 Å². The minimum atomic E-state index is 0.555. The highest BCUT2D eigenvalue weighted by atomic mass is 32.1. The molecule has 0 aromatic carbocycles. The lowest BCUT2D eigenvalue weighted by Crippen LogP contribution is -2.41. The van der Waals surface area contributed by atoms with Gasteiger partial charge in [-0.1, -0.05) is 13.8 Å². The number of hydrogen-bond acceptors (Lipinski definition) is 3. The first kappa shape index (κ1) is 12.6. The van der Waals surface area contributed by atoms with Gasteiger partial charge in [0.05, 0.1) is 0 Å². The number of hydrogen-bond donors (Lipinski definition) is 1. The summed E-state index contributed by atoms with van der Waals surface area (Å²) in [6.07, 6.45) is 3.57. The fourth-order valence-electron chi connectivity index (χ4n) is 2.66. The van der Waals surface area contributed by atoms with Crippen LogP contribution in [0.4, 0.5) is 5.95 Å². The van der Waals surface area contributed by atoms with E-state index < -0.39 is 0 Å². The SMILES string of the molecule is CCCn1c(N2CCC(C)CC2C)n[nH]c1=S. The normalized spacial score (nSPS) is 25.2. The maximum atomic E-state index is 5.29. The monoisotopic (exact) mass is 254 g/mol. The smallest absolute Gasteiger partial charge is 0.225 e. The highest BCUT2D eigenvalue weighted by Crippen LogP contribution is 2.26. The van der Waals surface area contributed by atoms with Crippen LogP contribution in [0, 0.1) is 10.7 Å². The number of piperidine rings is 1. The summed E-state index contributed by atoms with van der Waals surface area (Å²) in [7, 11) is 0. The molecule has 2 heterocycles. The van der Waals surface area contributed by atoms with Crippen molar-refractivity contribution >= 4 is 18.2 Å². The second kappa shape index (κ2) is 5.21. The Balaban J connectivity index is 2.24. The van der Waals surface area contributed by atoms with Crippen LogP contribution in [0.25, 0.3) is 0 Å². The summed E-state index contributed by atoms with van der Waals surface area (Å²) in [6, 6.07) is 0.555. The number of nitrogens with one attached hydrogen (secondary N) is 1. The van der Waals surface area contributed by atoms with Crippen molar-refractivity contribution in [3.63, 3.8) is 0 Å². The van der Waals surface area contributed by atoms with Crippen LogP contribution < -0.4 is 4.90 Å². The van der Waals surface area contributed by atoms with E-state index in [0.717, 1.165) is 36.1 Å². The van der Waals surface area contributed by atoms with Crippen molar-refractivity contribution in [1.82, 2.24) is 14.8 Å². The molecule has 0 bridgehead atoms. The number of H-pyrrole nitrogens is 1. The average molecular weight is 254 g/mol. The lowest BCUT2D eigenvalue weighted by molar-refractivity contribution is 0.370. The van der Waals surface area contributed by atoms with Crippen LogP contribution in [-0.4, -0.2) is 27.4 Å². The summed E-state index contributed by atoms with van der Waals surface area (Å²) < 4.78 is 2.87. The second-order valence-corrected chi connectivity index (χ2v) is 5.54. The van der Waals surface area contributed by atoms with Gasteiger partial charge < -0.3 is 4.90 Å². The van der Waals surface area contributed by atoms with Crippen molar-refractivity contribution in [2.45, 2.75) is 52.6 Å². The first-order valence-corrected chi connectivity index (χ1v) is 6.96. The highest BCUT2D eigenvalue weighted by molar-refractivity contribution is 7.71. The van der Waals surface area contributed by atoms with E-state index in [1.165, 1.54) is 12.8 Å². The number of nitrogens with zero attached hydrogens (tertiary/aromatic N) is 3. The lowest BCUT2D eigenvalue weighted by Gasteiger charge is -2.37. The molecule has 0 aliphatic carbocycles. The predicted octanol–water partition coefficient (Wildman–Crippen LogP) is 2.98. The maximum absolute atomic E-state index is 5.29. The Labute approximate surface area is 108 Å². The zero-order chi connectivity index (χ0) is 12.4. The van der Waals surface area contributed by atoms with Crippen LogP contribution in [0.2, 0.25) is 0 Å². The van der Waals surface area contributed by atoms with Crippen molar-refractivity contribution in [1.29, 1.82) is 0 Å². The van der Waals surface area contributed by atoms with Crippen molar-refractivity contribution in [2.24, 2.45) is 5.92 Å². The van der Waals surface area contributed by atoms with Crippen molar-refractivity contribution in [2.75, 3.05) is 11.4 Å². The van der Waals surface area contributed by atoms with Crippen LogP contribution in [0.15, 0.2) is 0 Å². The van der Waals surface area contributed by atoms with Gasteiger partial charge in [0.25, 0.3) is 0 Å². The molecule has 1 N–H and O–H groups in total. The molecule has 5 heteroatoms. The van der Waals surface area contributed by atoms with Crippen LogP contribution in [-0.2, 0) is 6.54 Å². The minimum Gasteiger partial charge on any atom is -0.338 e. The third-order valence-electron chi connectivity index (χ3n) is 3.58. The van der Waals surface area contributed by atoms with Gasteiger partial charge in [-0.15, -0.1) is 5.10 Å². The Morgan fingerprint density at radius 2 is 2.24 bits per heavy atom. The van der Waals surface area contributed by atoms with Gasteiger partial charge in [0.2, 0.25) is 5.95 Å². The van der Waals surface area contributed by atoms with E-state index in [9.17, 15) is 0 Å². The number of rotatable bonds is 3. The van der Waals surface area contributed by atoms with Crippen LogP contribution in [0.3, 0.4) is 0 Å². The third kappa shape index (κ3) is 2.54. The van der Waals surface area contributed by atoms with Gasteiger partial charge in [-0.25, -0.2) is 5.10 Å². The molecular weight excluding hydrogens is 232 g/mol. The van der Waals surface area contributed by atoms with Gasteiger partial charge in [0.1, 0.15) is 0 Å². The molecule has 1 aliphatic heterocycles. The van der Waals surface area contributed by atoms with Gasteiger partial charge in [0, 0.05) is 19.1 Å². The molecule has 2 unspecified atom stereocenters. The molecule has 0 radical (unpaired) electrons. The molecule has 1 fully saturated rings. The summed E-state index contributed by atoms with van der Waals surface area (Å²) >= 11 is 5.29. The topological polar surface area (TPSA) is 36.9 Å². The van der Waals surface area contributed by atoms with E-state index in [2.05, 4.69) is 40.4 Å². The Bertz CT molecular complexity index is 422. The van der Waals surface area contributed by atoms with E-state index in [1.807, 2.05) is 0 Å². The Hall–Kier alpha value is -0.840. The molecule has 2 rings (SSSR count). The molecule has 1 aromatic heterocycles. The maximum Gasteiger partial charge on any atom is 0.225 e. The van der Waals surface area contributed by atoms with Gasteiger partial charge in [-0.3, -0.25) is 4.57 Å². The number of aromatic nitrogens is 3. The fourth-order valence-corrected chi connectivity index (χ4v) is 2.88. The molecule has 1 aromatic rings.